The van der Waals surface area contributed by atoms with Gasteiger partial charge in [0.1, 0.15) is 5.65 Å². The van der Waals surface area contributed by atoms with E-state index < -0.39 is 5.97 Å². The van der Waals surface area contributed by atoms with Crippen molar-refractivity contribution in [1.82, 2.24) is 9.38 Å². The van der Waals surface area contributed by atoms with Crippen molar-refractivity contribution in [3.8, 4) is 0 Å². The molecule has 0 bridgehead atoms. The second-order valence-corrected chi connectivity index (χ2v) is 5.37. The van der Waals surface area contributed by atoms with Crippen LogP contribution in [-0.4, -0.2) is 26.2 Å². The molecule has 19 heavy (non-hydrogen) atoms. The number of fused-ring (bicyclic) bond motifs is 3. The minimum Gasteiger partial charge on any atom is -0.481 e. The topological polar surface area (TPSA) is 54.6 Å². The maximum atomic E-state index is 10.5. The van der Waals surface area contributed by atoms with Crippen molar-refractivity contribution in [1.29, 1.82) is 0 Å². The van der Waals surface area contributed by atoms with E-state index in [1.54, 1.807) is 18.0 Å². The Labute approximate surface area is 114 Å². The molecule has 1 aromatic carbocycles. The number of aromatic nitrogens is 2. The third kappa shape index (κ3) is 2.42. The number of thioether (sulfide) groups is 1. The summed E-state index contributed by atoms with van der Waals surface area (Å²) in [4.78, 5) is 15.8. The van der Waals surface area contributed by atoms with Gasteiger partial charge in [0, 0.05) is 23.0 Å². The Kier molecular flexibility index (Phi) is 3.13. The van der Waals surface area contributed by atoms with Crippen LogP contribution in [0.2, 0.25) is 0 Å². The largest absolute Gasteiger partial charge is 0.481 e. The number of pyridine rings is 1. The summed E-state index contributed by atoms with van der Waals surface area (Å²) in [6.07, 6.45) is 3.91. The van der Waals surface area contributed by atoms with Gasteiger partial charge < -0.3 is 5.11 Å². The van der Waals surface area contributed by atoms with Gasteiger partial charge in [0.25, 0.3) is 0 Å². The number of hydrogen-bond acceptors (Lipinski definition) is 3. The molecule has 0 fully saturated rings. The van der Waals surface area contributed by atoms with Crippen molar-refractivity contribution in [3.05, 3.63) is 42.7 Å². The number of benzene rings is 1. The van der Waals surface area contributed by atoms with Gasteiger partial charge in [-0.3, -0.25) is 9.20 Å². The minimum atomic E-state index is -0.756. The van der Waals surface area contributed by atoms with Gasteiger partial charge in [-0.15, -0.1) is 11.8 Å². The van der Waals surface area contributed by atoms with Gasteiger partial charge in [0.05, 0.1) is 11.9 Å². The number of carboxylic acids is 1. The lowest BCUT2D eigenvalue weighted by atomic mass is 10.2. The standard InChI is InChI=1S/C14H12N2O2S/c17-14(18)5-8-19-11-2-3-12-10(9-11)1-4-13-15-6-7-16(12)13/h1-4,6-7,9H,5,8H2,(H,17,18). The number of carbonyl (C=O) groups is 1. The van der Waals surface area contributed by atoms with E-state index in [2.05, 4.69) is 11.1 Å². The quantitative estimate of drug-likeness (QED) is 0.742. The molecule has 2 heterocycles. The van der Waals surface area contributed by atoms with E-state index in [0.717, 1.165) is 21.4 Å². The first-order valence-corrected chi connectivity index (χ1v) is 6.93. The molecule has 0 atom stereocenters. The Morgan fingerprint density at radius 3 is 3.05 bits per heavy atom. The molecule has 0 aliphatic carbocycles. The Morgan fingerprint density at radius 2 is 2.21 bits per heavy atom. The van der Waals surface area contributed by atoms with Crippen LogP contribution in [0.3, 0.4) is 0 Å². The zero-order valence-electron chi connectivity index (χ0n) is 10.1. The molecule has 0 radical (unpaired) electrons. The first-order valence-electron chi connectivity index (χ1n) is 5.94. The molecule has 0 saturated heterocycles. The van der Waals surface area contributed by atoms with Gasteiger partial charge in [-0.1, -0.05) is 0 Å². The molecule has 5 heteroatoms. The van der Waals surface area contributed by atoms with Crippen LogP contribution in [-0.2, 0) is 4.79 Å². The number of hydrogen-bond donors (Lipinski definition) is 1. The van der Waals surface area contributed by atoms with E-state index in [-0.39, 0.29) is 6.42 Å². The molecular weight excluding hydrogens is 260 g/mol. The monoisotopic (exact) mass is 272 g/mol. The zero-order valence-corrected chi connectivity index (χ0v) is 10.9. The molecule has 0 aliphatic rings. The molecule has 3 aromatic rings. The second-order valence-electron chi connectivity index (χ2n) is 4.20. The van der Waals surface area contributed by atoms with Crippen molar-refractivity contribution < 1.29 is 9.90 Å². The van der Waals surface area contributed by atoms with Gasteiger partial charge in [0.2, 0.25) is 0 Å². The summed E-state index contributed by atoms with van der Waals surface area (Å²) in [5.41, 5.74) is 2.04. The average Bonchev–Trinajstić information content (AvgIpc) is 2.86. The van der Waals surface area contributed by atoms with E-state index in [1.807, 2.05) is 34.9 Å². The van der Waals surface area contributed by atoms with Crippen molar-refractivity contribution in [2.24, 2.45) is 0 Å². The lowest BCUT2D eigenvalue weighted by Crippen LogP contribution is -1.95. The van der Waals surface area contributed by atoms with Crippen LogP contribution in [0.25, 0.3) is 16.6 Å². The SMILES string of the molecule is O=C(O)CCSc1ccc2c(ccc3nccn32)c1. The summed E-state index contributed by atoms with van der Waals surface area (Å²) >= 11 is 1.57. The first-order chi connectivity index (χ1) is 9.24. The smallest absolute Gasteiger partial charge is 0.304 e. The van der Waals surface area contributed by atoms with E-state index in [4.69, 9.17) is 5.11 Å². The lowest BCUT2D eigenvalue weighted by molar-refractivity contribution is -0.136. The van der Waals surface area contributed by atoms with E-state index in [0.29, 0.717) is 5.75 Å². The van der Waals surface area contributed by atoms with Crippen molar-refractivity contribution >= 4 is 34.3 Å². The molecule has 96 valence electrons. The Bertz CT molecular complexity index is 751. The number of carboxylic acid groups (broad SMARTS) is 1. The van der Waals surface area contributed by atoms with Crippen LogP contribution in [0, 0.1) is 0 Å². The van der Waals surface area contributed by atoms with Gasteiger partial charge in [-0.05, 0) is 35.7 Å². The molecule has 0 saturated carbocycles. The number of imidazole rings is 1. The van der Waals surface area contributed by atoms with Gasteiger partial charge in [-0.2, -0.15) is 0 Å². The predicted molar refractivity (Wildman–Crippen MR) is 75.7 cm³/mol. The zero-order chi connectivity index (χ0) is 13.2. The highest BCUT2D eigenvalue weighted by Gasteiger charge is 2.03. The van der Waals surface area contributed by atoms with Crippen LogP contribution < -0.4 is 0 Å². The summed E-state index contributed by atoms with van der Waals surface area (Å²) in [5.74, 6) is -0.165. The van der Waals surface area contributed by atoms with Crippen LogP contribution in [0.4, 0.5) is 0 Å². The lowest BCUT2D eigenvalue weighted by Gasteiger charge is -2.05. The Morgan fingerprint density at radius 1 is 1.32 bits per heavy atom. The van der Waals surface area contributed by atoms with Crippen molar-refractivity contribution in [2.45, 2.75) is 11.3 Å². The average molecular weight is 272 g/mol. The molecule has 0 unspecified atom stereocenters. The number of aliphatic carboxylic acids is 1. The highest BCUT2D eigenvalue weighted by atomic mass is 32.2. The number of rotatable bonds is 4. The predicted octanol–water partition coefficient (Wildman–Crippen LogP) is 3.05. The fourth-order valence-corrected chi connectivity index (χ4v) is 2.92. The van der Waals surface area contributed by atoms with Gasteiger partial charge in [-0.25, -0.2) is 4.98 Å². The molecule has 0 spiro atoms. The third-order valence-corrected chi connectivity index (χ3v) is 3.92. The molecule has 1 N–H and O–H groups in total. The third-order valence-electron chi connectivity index (χ3n) is 2.92. The maximum Gasteiger partial charge on any atom is 0.304 e. The summed E-state index contributed by atoms with van der Waals surface area (Å²) in [7, 11) is 0. The molecule has 0 amide bonds. The van der Waals surface area contributed by atoms with E-state index in [1.165, 1.54) is 0 Å². The van der Waals surface area contributed by atoms with Gasteiger partial charge in [0.15, 0.2) is 0 Å². The second kappa shape index (κ2) is 4.93. The van der Waals surface area contributed by atoms with Crippen molar-refractivity contribution in [3.63, 3.8) is 0 Å². The fraction of sp³-hybridized carbons (Fsp3) is 0.143. The Hall–Kier alpha value is -2.01. The van der Waals surface area contributed by atoms with Crippen LogP contribution in [0.15, 0.2) is 47.6 Å². The summed E-state index contributed by atoms with van der Waals surface area (Å²) < 4.78 is 2.04. The van der Waals surface area contributed by atoms with Gasteiger partial charge >= 0.3 is 5.97 Å². The molecule has 0 aliphatic heterocycles. The fourth-order valence-electron chi connectivity index (χ4n) is 2.04. The summed E-state index contributed by atoms with van der Waals surface area (Å²) in [6, 6.07) is 10.2. The summed E-state index contributed by atoms with van der Waals surface area (Å²) in [5, 5.41) is 9.76. The normalized spacial score (nSPS) is 11.2. The maximum absolute atomic E-state index is 10.5. The highest BCUT2D eigenvalue weighted by molar-refractivity contribution is 7.99. The van der Waals surface area contributed by atoms with Crippen LogP contribution >= 0.6 is 11.8 Å². The van der Waals surface area contributed by atoms with Crippen LogP contribution in [0.5, 0.6) is 0 Å². The first kappa shape index (κ1) is 12.0. The number of nitrogens with zero attached hydrogens (tertiary/aromatic N) is 2. The molecule has 2 aromatic heterocycles. The minimum absolute atomic E-state index is 0.184. The highest BCUT2D eigenvalue weighted by Crippen LogP contribution is 2.24. The van der Waals surface area contributed by atoms with E-state index >= 15 is 0 Å². The van der Waals surface area contributed by atoms with Crippen molar-refractivity contribution in [2.75, 3.05) is 5.75 Å². The Balaban J connectivity index is 1.92. The molecule has 3 rings (SSSR count). The van der Waals surface area contributed by atoms with E-state index in [9.17, 15) is 4.79 Å². The molecule has 4 nitrogen and oxygen atoms in total. The molecular formula is C14H12N2O2S. The summed E-state index contributed by atoms with van der Waals surface area (Å²) in [6.45, 7) is 0. The van der Waals surface area contributed by atoms with Crippen LogP contribution in [0.1, 0.15) is 6.42 Å².